The van der Waals surface area contributed by atoms with Gasteiger partial charge in [-0.3, -0.25) is 19.6 Å². The van der Waals surface area contributed by atoms with Gasteiger partial charge in [-0.25, -0.2) is 24.0 Å². The quantitative estimate of drug-likeness (QED) is 0.219. The Morgan fingerprint density at radius 3 is 1.97 bits per heavy atom. The summed E-state index contributed by atoms with van der Waals surface area (Å²) in [5, 5.41) is 22.3. The van der Waals surface area contributed by atoms with Crippen molar-refractivity contribution in [3.8, 4) is 0 Å². The van der Waals surface area contributed by atoms with Crippen LogP contribution < -0.4 is 32.7 Å². The Morgan fingerprint density at radius 1 is 0.885 bits per heavy atom. The minimum atomic E-state index is -1.29. The van der Waals surface area contributed by atoms with Crippen molar-refractivity contribution in [3.05, 3.63) is 28.8 Å². The highest BCUT2D eigenvalue weighted by molar-refractivity contribution is 5.90. The summed E-state index contributed by atoms with van der Waals surface area (Å²) in [5.74, 6) is 0.292. The first kappa shape index (κ1) is 50.7. The molecule has 5 rings (SSSR count). The Labute approximate surface area is 365 Å². The Kier molecular flexibility index (Phi) is 18.3. The molecule has 7 amide bonds. The van der Waals surface area contributed by atoms with Crippen molar-refractivity contribution in [2.45, 2.75) is 129 Å². The van der Waals surface area contributed by atoms with Crippen molar-refractivity contribution in [2.75, 3.05) is 64.2 Å². The van der Waals surface area contributed by atoms with Crippen LogP contribution in [0.1, 0.15) is 100 Å². The lowest BCUT2D eigenvalue weighted by Crippen LogP contribution is -2.65. The molecule has 3 fully saturated rings. The summed E-state index contributed by atoms with van der Waals surface area (Å²) in [6, 6.07) is 1.44. The van der Waals surface area contributed by atoms with Crippen molar-refractivity contribution in [1.29, 1.82) is 0 Å². The van der Waals surface area contributed by atoms with Crippen molar-refractivity contribution in [3.63, 3.8) is 0 Å². The van der Waals surface area contributed by atoms with Crippen molar-refractivity contribution in [2.24, 2.45) is 11.7 Å². The lowest BCUT2D eigenvalue weighted by molar-refractivity contribution is -0.145. The number of carbonyl (C=O) groups excluding carboxylic acids is 4. The number of aromatic nitrogens is 2. The molecule has 1 aromatic rings. The highest BCUT2D eigenvalue weighted by atomic mass is 35.5. The molecule has 1 unspecified atom stereocenters. The zero-order valence-electron chi connectivity index (χ0n) is 37.3. The van der Waals surface area contributed by atoms with Crippen LogP contribution >= 0.6 is 12.4 Å². The topological polar surface area (TPSA) is 237 Å². The van der Waals surface area contributed by atoms with Crippen LogP contribution in [-0.4, -0.2) is 152 Å². The summed E-state index contributed by atoms with van der Waals surface area (Å²) in [6.45, 7) is 19.1. The molecule has 0 aromatic carbocycles. The van der Waals surface area contributed by atoms with Crippen LogP contribution in [0, 0.1) is 5.92 Å². The molecule has 0 spiro atoms. The number of nitrogens with zero attached hydrogens (tertiary/aromatic N) is 6. The van der Waals surface area contributed by atoms with Gasteiger partial charge < -0.3 is 46.2 Å². The number of alkyl carbamates (subject to hydrolysis) is 1. The van der Waals surface area contributed by atoms with Gasteiger partial charge in [0, 0.05) is 81.9 Å². The number of primary amides is 1. The molecule has 1 atom stereocenters. The maximum atomic E-state index is 13.4. The maximum absolute atomic E-state index is 13.4. The zero-order valence-corrected chi connectivity index (χ0v) is 38.1. The second-order valence-corrected chi connectivity index (χ2v) is 18.5. The molecular formula is C41H70ClN11O8. The Hall–Kier alpha value is -4.62. The van der Waals surface area contributed by atoms with Gasteiger partial charge in [-0.1, -0.05) is 6.08 Å². The van der Waals surface area contributed by atoms with E-state index < -0.39 is 34.5 Å². The first-order valence-electron chi connectivity index (χ1n) is 21.2. The number of carboxylic acid groups (broad SMARTS) is 1. The van der Waals surface area contributed by atoms with Crippen LogP contribution in [0.15, 0.2) is 23.1 Å². The molecule has 0 radical (unpaired) electrons. The maximum Gasteiger partial charge on any atom is 0.408 e. The number of allylic oxidation sites excluding steroid dienone is 2. The number of urea groups is 2. The first-order valence-corrected chi connectivity index (χ1v) is 21.2. The predicted molar refractivity (Wildman–Crippen MR) is 236 cm³/mol. The highest BCUT2D eigenvalue weighted by Gasteiger charge is 2.46. The van der Waals surface area contributed by atoms with Gasteiger partial charge in [0.15, 0.2) is 0 Å². The summed E-state index contributed by atoms with van der Waals surface area (Å²) in [6.07, 6.45) is 8.57. The van der Waals surface area contributed by atoms with Crippen molar-refractivity contribution < 1.29 is 33.8 Å². The van der Waals surface area contributed by atoms with E-state index in [-0.39, 0.29) is 68.5 Å². The van der Waals surface area contributed by atoms with Crippen LogP contribution in [0.2, 0.25) is 0 Å². The Balaban J connectivity index is 0.000000878. The summed E-state index contributed by atoms with van der Waals surface area (Å²) < 4.78 is 6.91. The SMILES string of the molecule is CC(C)(C)OC(=O)N[C@H]1CC[C@H](NCC2CC=C(n3ccc(NC(=O)N4CCN(C(=O)C(C)(C)N(C(=O)O)C(C)(C)C)CC4)nc3=O)CC2)CC1.Cl.NC(=O)N1CCNCC1. The number of piperazine rings is 2. The van der Waals surface area contributed by atoms with E-state index in [9.17, 15) is 33.9 Å². The standard InChI is InChI=1S/C36H58N8O7.C5H11N3O.ClH/c1-34(2,3)44(33(49)50)36(7,8)29(45)41-19-21-42(22-20-41)30(46)39-28-17-18-43(31(47)40-28)27-15-9-24(10-16-27)23-37-25-11-13-26(14-12-25)38-32(48)51-35(4,5)6;6-5(9)8-3-1-7-2-4-8;/h15,17-18,24-26,37H,9-14,16,19-23H2,1-8H3,(H,38,48)(H,49,50)(H,39,40,46,47);7H,1-4H2,(H2,6,9);1H/t24?,25-,26-;;. The predicted octanol–water partition coefficient (Wildman–Crippen LogP) is 3.94. The number of amides is 7. The van der Waals surface area contributed by atoms with Gasteiger partial charge in [0.1, 0.15) is 17.0 Å². The van der Waals surface area contributed by atoms with Crippen molar-refractivity contribution >= 4 is 54.1 Å². The van der Waals surface area contributed by atoms with Crippen LogP contribution in [0.3, 0.4) is 0 Å². The number of ether oxygens (including phenoxy) is 1. The molecule has 2 aliphatic heterocycles. The molecule has 3 heterocycles. The van der Waals surface area contributed by atoms with Crippen LogP contribution in [0.25, 0.3) is 5.70 Å². The molecule has 19 nitrogen and oxygen atoms in total. The molecule has 0 bridgehead atoms. The van der Waals surface area contributed by atoms with E-state index >= 15 is 0 Å². The van der Waals surface area contributed by atoms with Gasteiger partial charge in [-0.05, 0) is 119 Å². The fourth-order valence-corrected chi connectivity index (χ4v) is 8.25. The van der Waals surface area contributed by atoms with E-state index in [4.69, 9.17) is 10.5 Å². The number of nitrogens with one attached hydrogen (secondary N) is 4. The van der Waals surface area contributed by atoms with E-state index in [1.54, 1.807) is 61.6 Å². The Morgan fingerprint density at radius 2 is 1.48 bits per heavy atom. The molecule has 2 aliphatic carbocycles. The molecule has 2 saturated heterocycles. The minimum Gasteiger partial charge on any atom is -0.465 e. The monoisotopic (exact) mass is 880 g/mol. The van der Waals surface area contributed by atoms with Crippen LogP contribution in [-0.2, 0) is 9.53 Å². The average Bonchev–Trinajstić information content (AvgIpc) is 3.16. The number of halogens is 1. The van der Waals surface area contributed by atoms with E-state index in [1.807, 2.05) is 20.8 Å². The summed E-state index contributed by atoms with van der Waals surface area (Å²) in [4.78, 5) is 84.0. The number of hydrogen-bond donors (Lipinski definition) is 6. The number of anilines is 1. The first-order chi connectivity index (χ1) is 28.0. The summed E-state index contributed by atoms with van der Waals surface area (Å²) in [7, 11) is 0. The third kappa shape index (κ3) is 15.1. The summed E-state index contributed by atoms with van der Waals surface area (Å²) in [5.41, 5.74) is 2.87. The molecular weight excluding hydrogens is 810 g/mol. The van der Waals surface area contributed by atoms with Gasteiger partial charge in [-0.2, -0.15) is 4.98 Å². The fourth-order valence-electron chi connectivity index (χ4n) is 8.25. The highest BCUT2D eigenvalue weighted by Crippen LogP contribution is 2.29. The second-order valence-electron chi connectivity index (χ2n) is 18.5. The van der Waals surface area contributed by atoms with Gasteiger partial charge in [0.05, 0.1) is 0 Å². The fraction of sp³-hybridized carbons (Fsp3) is 0.732. The number of nitrogens with two attached hydrogens (primary N) is 1. The van der Waals surface area contributed by atoms with Gasteiger partial charge in [-0.15, -0.1) is 12.4 Å². The van der Waals surface area contributed by atoms with E-state index in [0.29, 0.717) is 12.0 Å². The van der Waals surface area contributed by atoms with E-state index in [1.165, 1.54) is 4.57 Å². The van der Waals surface area contributed by atoms with Crippen LogP contribution in [0.4, 0.5) is 25.0 Å². The Bertz CT molecular complexity index is 1750. The molecule has 1 aromatic heterocycles. The number of rotatable bonds is 8. The lowest BCUT2D eigenvalue weighted by Gasteiger charge is -2.47. The lowest BCUT2D eigenvalue weighted by atomic mass is 9.89. The van der Waals surface area contributed by atoms with Crippen molar-refractivity contribution in [1.82, 2.24) is 45.1 Å². The third-order valence-corrected chi connectivity index (χ3v) is 11.2. The van der Waals surface area contributed by atoms with Gasteiger partial charge in [0.2, 0.25) is 5.91 Å². The number of hydrogen-bond acceptors (Lipinski definition) is 10. The molecule has 20 heteroatoms. The zero-order chi connectivity index (χ0) is 44.4. The van der Waals surface area contributed by atoms with E-state index in [2.05, 4.69) is 32.3 Å². The molecule has 344 valence electrons. The van der Waals surface area contributed by atoms with E-state index in [0.717, 1.165) is 88.3 Å². The minimum absolute atomic E-state index is 0. The van der Waals surface area contributed by atoms with Gasteiger partial charge in [0.25, 0.3) is 0 Å². The third-order valence-electron chi connectivity index (χ3n) is 11.2. The molecule has 4 aliphatic rings. The largest absolute Gasteiger partial charge is 0.465 e. The van der Waals surface area contributed by atoms with Crippen LogP contribution in [0.5, 0.6) is 0 Å². The molecule has 61 heavy (non-hydrogen) atoms. The number of carbonyl (C=O) groups is 5. The molecule has 7 N–H and O–H groups in total. The smallest absolute Gasteiger partial charge is 0.408 e. The second kappa shape index (κ2) is 21.9. The molecule has 1 saturated carbocycles. The average molecular weight is 881 g/mol. The summed E-state index contributed by atoms with van der Waals surface area (Å²) >= 11 is 0. The normalized spacial score (nSPS) is 21.1. The van der Waals surface area contributed by atoms with Gasteiger partial charge >= 0.3 is 29.9 Å².